The molecule has 10 unspecified atom stereocenters. The number of allylic oxidation sites excluding steroid dienone is 1. The van der Waals surface area contributed by atoms with Gasteiger partial charge in [0.2, 0.25) is 0 Å². The first-order valence-electron chi connectivity index (χ1n) is 14.0. The quantitative estimate of drug-likeness (QED) is 0.402. The van der Waals surface area contributed by atoms with Crippen LogP contribution < -0.4 is 0 Å². The van der Waals surface area contributed by atoms with Crippen molar-refractivity contribution >= 4 is 5.97 Å². The maximum atomic E-state index is 12.8. The molecular weight excluding hydrogens is 440 g/mol. The van der Waals surface area contributed by atoms with Crippen molar-refractivity contribution in [1.29, 1.82) is 0 Å². The fourth-order valence-corrected chi connectivity index (χ4v) is 10.6. The molecule has 4 N–H and O–H groups in total. The first kappa shape index (κ1) is 25.7. The van der Waals surface area contributed by atoms with Crippen molar-refractivity contribution in [3.05, 3.63) is 11.6 Å². The van der Waals surface area contributed by atoms with E-state index >= 15 is 0 Å². The summed E-state index contributed by atoms with van der Waals surface area (Å²) >= 11 is 0. The molecule has 5 aliphatic rings. The van der Waals surface area contributed by atoms with Crippen LogP contribution in [-0.2, 0) is 4.79 Å². The number of hydrogen-bond donors (Lipinski definition) is 4. The lowest BCUT2D eigenvalue weighted by molar-refractivity contribution is -0.221. The molecule has 198 valence electrons. The van der Waals surface area contributed by atoms with Crippen molar-refractivity contribution in [3.8, 4) is 0 Å². The Hall–Kier alpha value is -0.910. The monoisotopic (exact) mass is 488 g/mol. The van der Waals surface area contributed by atoms with Gasteiger partial charge in [-0.2, -0.15) is 0 Å². The molecule has 10 atom stereocenters. The van der Waals surface area contributed by atoms with Crippen molar-refractivity contribution in [2.45, 2.75) is 112 Å². The highest BCUT2D eigenvalue weighted by Crippen LogP contribution is 2.75. The first-order valence-corrected chi connectivity index (χ1v) is 14.0. The molecular formula is C30H48O5. The molecule has 5 heteroatoms. The van der Waals surface area contributed by atoms with Crippen LogP contribution in [0.15, 0.2) is 11.6 Å². The van der Waals surface area contributed by atoms with E-state index in [2.05, 4.69) is 47.6 Å². The van der Waals surface area contributed by atoms with Crippen LogP contribution in [0.1, 0.15) is 99.3 Å². The number of aliphatic carboxylic acids is 1. The van der Waals surface area contributed by atoms with Gasteiger partial charge >= 0.3 is 5.97 Å². The van der Waals surface area contributed by atoms with Gasteiger partial charge in [0.1, 0.15) is 0 Å². The van der Waals surface area contributed by atoms with E-state index < -0.39 is 29.0 Å². The van der Waals surface area contributed by atoms with E-state index in [1.165, 1.54) is 5.57 Å². The molecule has 0 amide bonds. The minimum atomic E-state index is -0.866. The molecule has 0 aliphatic heterocycles. The number of aliphatic hydroxyl groups excluding tert-OH is 3. The average Bonchev–Trinajstić information content (AvgIpc) is 2.79. The normalized spacial score (nSPS) is 55.0. The van der Waals surface area contributed by atoms with Crippen LogP contribution in [0.25, 0.3) is 0 Å². The van der Waals surface area contributed by atoms with Crippen LogP contribution in [0.3, 0.4) is 0 Å². The largest absolute Gasteiger partial charge is 0.481 e. The van der Waals surface area contributed by atoms with Crippen LogP contribution in [0.2, 0.25) is 0 Å². The zero-order valence-corrected chi connectivity index (χ0v) is 22.7. The van der Waals surface area contributed by atoms with E-state index in [1.54, 1.807) is 0 Å². The van der Waals surface area contributed by atoms with Gasteiger partial charge in [-0.15, -0.1) is 0 Å². The maximum Gasteiger partial charge on any atom is 0.310 e. The molecule has 5 aliphatic carbocycles. The Morgan fingerprint density at radius 2 is 1.57 bits per heavy atom. The Morgan fingerprint density at radius 1 is 0.914 bits per heavy atom. The second-order valence-electron chi connectivity index (χ2n) is 14.9. The Bertz CT molecular complexity index is 941. The van der Waals surface area contributed by atoms with Gasteiger partial charge in [0, 0.05) is 11.3 Å². The molecule has 4 fully saturated rings. The second kappa shape index (κ2) is 7.57. The summed E-state index contributed by atoms with van der Waals surface area (Å²) in [6.45, 7) is 13.5. The van der Waals surface area contributed by atoms with E-state index in [4.69, 9.17) is 0 Å². The van der Waals surface area contributed by atoms with Crippen LogP contribution >= 0.6 is 0 Å². The smallest absolute Gasteiger partial charge is 0.310 e. The Balaban J connectivity index is 1.62. The maximum absolute atomic E-state index is 12.8. The van der Waals surface area contributed by atoms with Gasteiger partial charge in [-0.25, -0.2) is 0 Å². The Morgan fingerprint density at radius 3 is 2.20 bits per heavy atom. The number of rotatable bonds is 2. The predicted octanol–water partition coefficient (Wildman–Crippen LogP) is 5.18. The van der Waals surface area contributed by atoms with Gasteiger partial charge in [-0.1, -0.05) is 53.2 Å². The number of fused-ring (bicyclic) bond motifs is 7. The molecule has 0 bridgehead atoms. The SMILES string of the molecule is CC1(C)CCC2(C(=O)O)CCC3(C)C(=CCC4C5(C)CCC(O)C(C)(CO)C5CCC43C)C2C1O. The molecule has 0 aromatic carbocycles. The van der Waals surface area contributed by atoms with E-state index in [9.17, 15) is 25.2 Å². The van der Waals surface area contributed by atoms with Gasteiger partial charge in [-0.05, 0) is 91.3 Å². The molecule has 0 heterocycles. The predicted molar refractivity (Wildman–Crippen MR) is 135 cm³/mol. The Kier molecular flexibility index (Phi) is 5.56. The summed E-state index contributed by atoms with van der Waals surface area (Å²) < 4.78 is 0. The number of carboxylic acids is 1. The second-order valence-corrected chi connectivity index (χ2v) is 14.9. The summed E-state index contributed by atoms with van der Waals surface area (Å²) in [4.78, 5) is 12.8. The minimum absolute atomic E-state index is 0.00698. The summed E-state index contributed by atoms with van der Waals surface area (Å²) in [5.41, 5.74) is -0.579. The third-order valence-corrected chi connectivity index (χ3v) is 13.4. The standard InChI is InChI=1S/C30H48O5/c1-25(2)13-15-30(24(34)35)16-14-28(5)18(22(30)23(25)33)7-8-20-26(3)11-10-21(32)27(4,17-31)19(26)9-12-29(20,28)6/h7,19-23,31-33H,8-17H2,1-6H3,(H,34,35). The lowest BCUT2D eigenvalue weighted by atomic mass is 9.33. The lowest BCUT2D eigenvalue weighted by Crippen LogP contribution is -2.67. The highest BCUT2D eigenvalue weighted by Gasteiger charge is 2.70. The van der Waals surface area contributed by atoms with Gasteiger partial charge in [0.25, 0.3) is 0 Å². The molecule has 0 aromatic rings. The summed E-state index contributed by atoms with van der Waals surface area (Å²) in [6.07, 6.45) is 8.65. The Labute approximate surface area is 211 Å². The minimum Gasteiger partial charge on any atom is -0.481 e. The molecule has 0 radical (unpaired) electrons. The zero-order valence-electron chi connectivity index (χ0n) is 22.7. The van der Waals surface area contributed by atoms with Crippen molar-refractivity contribution in [3.63, 3.8) is 0 Å². The number of hydrogen-bond acceptors (Lipinski definition) is 4. The van der Waals surface area contributed by atoms with Crippen molar-refractivity contribution in [1.82, 2.24) is 0 Å². The van der Waals surface area contributed by atoms with E-state index in [1.807, 2.05) is 0 Å². The van der Waals surface area contributed by atoms with Gasteiger partial charge in [0.05, 0.1) is 24.2 Å². The summed E-state index contributed by atoms with van der Waals surface area (Å²) in [5, 5.41) is 43.5. The third kappa shape index (κ3) is 2.95. The van der Waals surface area contributed by atoms with Gasteiger partial charge < -0.3 is 20.4 Å². The van der Waals surface area contributed by atoms with E-state index in [0.717, 1.165) is 44.9 Å². The van der Waals surface area contributed by atoms with E-state index in [0.29, 0.717) is 18.8 Å². The fraction of sp³-hybridized carbons (Fsp3) is 0.900. The lowest BCUT2D eigenvalue weighted by Gasteiger charge is -2.71. The van der Waals surface area contributed by atoms with Crippen molar-refractivity contribution in [2.24, 2.45) is 50.2 Å². The van der Waals surface area contributed by atoms with Crippen molar-refractivity contribution in [2.75, 3.05) is 6.61 Å². The average molecular weight is 489 g/mol. The first-order chi connectivity index (χ1) is 16.1. The van der Waals surface area contributed by atoms with Crippen LogP contribution in [-0.4, -0.2) is 45.2 Å². The number of carboxylic acid groups (broad SMARTS) is 1. The summed E-state index contributed by atoms with van der Waals surface area (Å²) in [7, 11) is 0. The third-order valence-electron chi connectivity index (χ3n) is 13.4. The van der Waals surface area contributed by atoms with Crippen LogP contribution in [0.5, 0.6) is 0 Å². The van der Waals surface area contributed by atoms with E-state index in [-0.39, 0.29) is 40.1 Å². The molecule has 5 nitrogen and oxygen atoms in total. The molecule has 5 rings (SSSR count). The van der Waals surface area contributed by atoms with Crippen LogP contribution in [0.4, 0.5) is 0 Å². The molecule has 35 heavy (non-hydrogen) atoms. The van der Waals surface area contributed by atoms with Crippen LogP contribution in [0, 0.1) is 50.2 Å². The molecule has 4 saturated carbocycles. The molecule has 0 aromatic heterocycles. The highest BCUT2D eigenvalue weighted by molar-refractivity contribution is 5.77. The zero-order chi connectivity index (χ0) is 25.8. The molecule has 0 spiro atoms. The summed E-state index contributed by atoms with van der Waals surface area (Å²) in [6, 6.07) is 0. The van der Waals surface area contributed by atoms with Gasteiger partial charge in [-0.3, -0.25) is 4.79 Å². The highest BCUT2D eigenvalue weighted by atomic mass is 16.4. The van der Waals surface area contributed by atoms with Gasteiger partial charge in [0.15, 0.2) is 0 Å². The topological polar surface area (TPSA) is 98.0 Å². The summed E-state index contributed by atoms with van der Waals surface area (Å²) in [5.74, 6) is -0.391. The van der Waals surface area contributed by atoms with Crippen molar-refractivity contribution < 1.29 is 25.2 Å². The number of aliphatic hydroxyl groups is 3. The number of carbonyl (C=O) groups is 1. The molecule has 0 saturated heterocycles. The fourth-order valence-electron chi connectivity index (χ4n) is 10.6.